The minimum Gasteiger partial charge on any atom is -0.508 e. The molecule has 274 valence electrons. The number of allylic oxidation sites excluding steroid dienone is 1. The fourth-order valence-electron chi connectivity index (χ4n) is 6.96. The molecule has 11 heteroatoms. The first-order valence-corrected chi connectivity index (χ1v) is 18.7. The molecule has 6 N–H and O–H groups in total. The summed E-state index contributed by atoms with van der Waals surface area (Å²) < 4.78 is 33.8. The zero-order chi connectivity index (χ0) is 38.1. The van der Waals surface area contributed by atoms with E-state index in [1.807, 2.05) is 46.9 Å². The van der Waals surface area contributed by atoms with Crippen LogP contribution in [0.1, 0.15) is 89.0 Å². The molecule has 52 heavy (non-hydrogen) atoms. The van der Waals surface area contributed by atoms with Crippen LogP contribution < -0.4 is 9.50 Å². The van der Waals surface area contributed by atoms with Crippen molar-refractivity contribution in [1.29, 1.82) is 5.41 Å². The molecule has 0 bridgehead atoms. The minimum atomic E-state index is -4.58. The van der Waals surface area contributed by atoms with Crippen molar-refractivity contribution in [3.05, 3.63) is 111 Å². The fourth-order valence-corrected chi connectivity index (χ4v) is 8.17. The van der Waals surface area contributed by atoms with Crippen molar-refractivity contribution in [2.75, 3.05) is 7.05 Å². The maximum absolute atomic E-state index is 14.0. The molecule has 0 aromatic heterocycles. The summed E-state index contributed by atoms with van der Waals surface area (Å²) in [5.74, 6) is -0.993. The lowest BCUT2D eigenvalue weighted by molar-refractivity contribution is 0.106. The predicted octanol–water partition coefficient (Wildman–Crippen LogP) is 7.03. The zero-order valence-electron chi connectivity index (χ0n) is 30.3. The Labute approximate surface area is 305 Å². The standard InChI is InChI=1S/C41H46N2O8S/c1-7-29-33(44)16-13-26(40(29)51-52(49,50)35-11-9-10-31-30(35)14-15-32(42)39(31)48)22-41(5,8-2)36-34(45)17-12-25(38(36)47)21-28-19-23(3)18-27(37(28)46)20-24(4)43-6/h9-19,24,42-47H,7-8,20-22H2,1-6H3. The number of phenolic OH excluding ortho intramolecular Hbond substituents is 4. The number of hydrogen-bond donors (Lipinski definition) is 6. The van der Waals surface area contributed by atoms with Crippen LogP contribution in [0.5, 0.6) is 28.7 Å². The summed E-state index contributed by atoms with van der Waals surface area (Å²) in [6, 6.07) is 14.3. The molecule has 1 aliphatic carbocycles. The number of fused-ring (bicyclic) bond motifs is 1. The van der Waals surface area contributed by atoms with E-state index in [2.05, 4.69) is 5.32 Å². The van der Waals surface area contributed by atoms with E-state index >= 15 is 0 Å². The molecule has 10 nitrogen and oxygen atoms in total. The molecular weight excluding hydrogens is 681 g/mol. The number of aryl methyl sites for hydroxylation is 1. The summed E-state index contributed by atoms with van der Waals surface area (Å²) in [5, 5.41) is 56.2. The molecule has 0 saturated heterocycles. The average molecular weight is 727 g/mol. The molecule has 0 spiro atoms. The Morgan fingerprint density at radius 2 is 1.58 bits per heavy atom. The van der Waals surface area contributed by atoms with Gasteiger partial charge < -0.3 is 29.9 Å². The van der Waals surface area contributed by atoms with Gasteiger partial charge in [-0.15, -0.1) is 0 Å². The lowest BCUT2D eigenvalue weighted by atomic mass is 9.73. The van der Waals surface area contributed by atoms with Gasteiger partial charge in [-0.25, -0.2) is 0 Å². The van der Waals surface area contributed by atoms with Gasteiger partial charge in [0.25, 0.3) is 0 Å². The van der Waals surface area contributed by atoms with E-state index in [0.29, 0.717) is 29.5 Å². The summed E-state index contributed by atoms with van der Waals surface area (Å²) in [6.45, 7) is 9.46. The Hall–Kier alpha value is -5.13. The molecule has 0 aliphatic heterocycles. The Morgan fingerprint density at radius 3 is 2.25 bits per heavy atom. The molecule has 0 fully saturated rings. The molecule has 2 unspecified atom stereocenters. The first-order chi connectivity index (χ1) is 24.5. The Kier molecular flexibility index (Phi) is 10.9. The van der Waals surface area contributed by atoms with Crippen LogP contribution in [-0.4, -0.2) is 53.4 Å². The second-order valence-corrected chi connectivity index (χ2v) is 15.3. The maximum Gasteiger partial charge on any atom is 0.339 e. The second kappa shape index (κ2) is 14.8. The van der Waals surface area contributed by atoms with Gasteiger partial charge in [0.1, 0.15) is 33.6 Å². The van der Waals surface area contributed by atoms with E-state index in [4.69, 9.17) is 9.59 Å². The normalized spacial score (nSPS) is 14.6. The molecule has 0 saturated carbocycles. The summed E-state index contributed by atoms with van der Waals surface area (Å²) in [7, 11) is -2.72. The maximum atomic E-state index is 14.0. The van der Waals surface area contributed by atoms with Gasteiger partial charge in [-0.1, -0.05) is 68.8 Å². The smallest absolute Gasteiger partial charge is 0.339 e. The molecule has 5 rings (SSSR count). The quantitative estimate of drug-likeness (QED) is 0.0790. The van der Waals surface area contributed by atoms with Crippen molar-refractivity contribution >= 4 is 27.7 Å². The number of carbonyl (C=O) groups is 1. The van der Waals surface area contributed by atoms with Crippen molar-refractivity contribution in [2.24, 2.45) is 0 Å². The van der Waals surface area contributed by atoms with Gasteiger partial charge in [0.2, 0.25) is 5.78 Å². The topological polar surface area (TPSA) is 177 Å². The van der Waals surface area contributed by atoms with Gasteiger partial charge in [-0.05, 0) is 93.1 Å². The predicted molar refractivity (Wildman–Crippen MR) is 202 cm³/mol. The van der Waals surface area contributed by atoms with E-state index in [-0.39, 0.29) is 86.9 Å². The van der Waals surface area contributed by atoms with E-state index in [1.54, 1.807) is 19.1 Å². The number of phenols is 4. The fraction of sp³-hybridized carbons (Fsp3) is 0.317. The van der Waals surface area contributed by atoms with Crippen LogP contribution in [0.4, 0.5) is 0 Å². The highest BCUT2D eigenvalue weighted by molar-refractivity contribution is 7.87. The van der Waals surface area contributed by atoms with Gasteiger partial charge in [-0.2, -0.15) is 8.42 Å². The summed E-state index contributed by atoms with van der Waals surface area (Å²) >= 11 is 0. The van der Waals surface area contributed by atoms with Gasteiger partial charge in [-0.3, -0.25) is 10.2 Å². The molecule has 1 aliphatic rings. The van der Waals surface area contributed by atoms with Crippen LogP contribution >= 0.6 is 0 Å². The van der Waals surface area contributed by atoms with Crippen molar-refractivity contribution in [3.63, 3.8) is 0 Å². The summed E-state index contributed by atoms with van der Waals surface area (Å²) in [5.41, 5.74) is 2.72. The van der Waals surface area contributed by atoms with Crippen LogP contribution in [0.2, 0.25) is 0 Å². The Morgan fingerprint density at radius 1 is 0.904 bits per heavy atom. The van der Waals surface area contributed by atoms with Gasteiger partial charge in [0.05, 0.1) is 0 Å². The number of aromatic hydroxyl groups is 4. The number of benzene rings is 4. The highest BCUT2D eigenvalue weighted by Gasteiger charge is 2.35. The minimum absolute atomic E-state index is 0.0659. The molecule has 2 atom stereocenters. The highest BCUT2D eigenvalue weighted by atomic mass is 32.2. The third-order valence-corrected chi connectivity index (χ3v) is 11.4. The van der Waals surface area contributed by atoms with E-state index < -0.39 is 21.3 Å². The SMILES string of the molecule is CCc1c(O)ccc(CC(C)(CC)c2c(O)ccc(Cc3cc(C)cc(CC(C)NC)c3O)c2O)c1OS(=O)(=O)c1cccc2c1C=CC(=N)C2=O. The summed E-state index contributed by atoms with van der Waals surface area (Å²) in [4.78, 5) is 12.4. The zero-order valence-corrected chi connectivity index (χ0v) is 31.1. The van der Waals surface area contributed by atoms with Crippen LogP contribution in [0, 0.1) is 12.3 Å². The lowest BCUT2D eigenvalue weighted by Crippen LogP contribution is -2.26. The van der Waals surface area contributed by atoms with E-state index in [1.165, 1.54) is 42.5 Å². The monoisotopic (exact) mass is 726 g/mol. The number of nitrogens with one attached hydrogen (secondary N) is 2. The first-order valence-electron chi connectivity index (χ1n) is 17.3. The molecule has 0 amide bonds. The Balaban J connectivity index is 1.57. The second-order valence-electron chi connectivity index (χ2n) is 13.8. The third-order valence-electron chi connectivity index (χ3n) is 10.1. The first kappa shape index (κ1) is 38.1. The van der Waals surface area contributed by atoms with E-state index in [0.717, 1.165) is 11.1 Å². The lowest BCUT2D eigenvalue weighted by Gasteiger charge is -2.32. The number of ketones is 1. The highest BCUT2D eigenvalue weighted by Crippen LogP contribution is 2.47. The number of carbonyl (C=O) groups excluding carboxylic acids is 1. The molecule has 0 heterocycles. The van der Waals surface area contributed by atoms with Crippen LogP contribution in [0.3, 0.4) is 0 Å². The average Bonchev–Trinajstić information content (AvgIpc) is 3.10. The number of likely N-dealkylation sites (N-methyl/N-ethyl adjacent to an activating group) is 1. The molecule has 4 aromatic carbocycles. The molecule has 4 aromatic rings. The number of hydrogen-bond acceptors (Lipinski definition) is 10. The van der Waals surface area contributed by atoms with Gasteiger partial charge >= 0.3 is 10.1 Å². The van der Waals surface area contributed by atoms with Crippen molar-refractivity contribution in [3.8, 4) is 28.7 Å². The number of Topliss-reactive ketones (excluding diaryl/α,β-unsaturated/α-hetero) is 1. The van der Waals surface area contributed by atoms with Crippen LogP contribution in [0.15, 0.2) is 65.6 Å². The molecular formula is C41H46N2O8S. The van der Waals surface area contributed by atoms with Gasteiger partial charge in [0, 0.05) is 40.1 Å². The van der Waals surface area contributed by atoms with Crippen molar-refractivity contribution in [2.45, 2.75) is 83.1 Å². The van der Waals surface area contributed by atoms with Crippen molar-refractivity contribution in [1.82, 2.24) is 5.32 Å². The van der Waals surface area contributed by atoms with E-state index in [9.17, 15) is 33.6 Å². The summed E-state index contributed by atoms with van der Waals surface area (Å²) in [6.07, 6.45) is 4.15. The molecule has 0 radical (unpaired) electrons. The van der Waals surface area contributed by atoms with Gasteiger partial charge in [0.15, 0.2) is 5.75 Å². The Bertz CT molecular complexity index is 2210. The third kappa shape index (κ3) is 7.29. The van der Waals surface area contributed by atoms with Crippen LogP contribution in [-0.2, 0) is 41.2 Å². The van der Waals surface area contributed by atoms with Crippen molar-refractivity contribution < 1.29 is 37.8 Å². The number of rotatable bonds is 13. The van der Waals surface area contributed by atoms with Crippen LogP contribution in [0.25, 0.3) is 6.08 Å². The largest absolute Gasteiger partial charge is 0.508 e.